The normalized spacial score (nSPS) is 23.8. The van der Waals surface area contributed by atoms with E-state index in [-0.39, 0.29) is 5.60 Å². The van der Waals surface area contributed by atoms with Gasteiger partial charge in [-0.2, -0.15) is 0 Å². The van der Waals surface area contributed by atoms with Crippen LogP contribution in [0.2, 0.25) is 0 Å². The van der Waals surface area contributed by atoms with Crippen molar-refractivity contribution in [1.29, 1.82) is 0 Å². The maximum absolute atomic E-state index is 11.3. The van der Waals surface area contributed by atoms with Gasteiger partial charge in [0.15, 0.2) is 0 Å². The van der Waals surface area contributed by atoms with Gasteiger partial charge in [0.05, 0.1) is 12.2 Å². The van der Waals surface area contributed by atoms with Crippen LogP contribution in [-0.4, -0.2) is 24.6 Å². The first kappa shape index (κ1) is 13.1. The zero-order valence-corrected chi connectivity index (χ0v) is 10.7. The molecule has 0 radical (unpaired) electrons. The van der Waals surface area contributed by atoms with Crippen molar-refractivity contribution in [1.82, 2.24) is 5.32 Å². The van der Waals surface area contributed by atoms with Crippen molar-refractivity contribution < 1.29 is 9.53 Å². The van der Waals surface area contributed by atoms with Gasteiger partial charge in [-0.3, -0.25) is 4.79 Å². The second-order valence-corrected chi connectivity index (χ2v) is 5.04. The fourth-order valence-corrected chi connectivity index (χ4v) is 2.29. The number of hydrogen-bond acceptors (Lipinski definition) is 3. The highest BCUT2D eigenvalue weighted by Crippen LogP contribution is 2.22. The molecule has 1 atom stereocenters. The van der Waals surface area contributed by atoms with E-state index >= 15 is 0 Å². The molecule has 1 unspecified atom stereocenters. The predicted octanol–water partition coefficient (Wildman–Crippen LogP) is 1.44. The largest absolute Gasteiger partial charge is 0.369 e. The highest BCUT2D eigenvalue weighted by molar-refractivity contribution is 5.94. The minimum absolute atomic E-state index is 0.150. The minimum atomic E-state index is -0.402. The number of rotatable bonds is 4. The molecule has 0 saturated carbocycles. The quantitative estimate of drug-likeness (QED) is 0.847. The molecule has 1 heterocycles. The smallest absolute Gasteiger partial charge is 0.249 e. The lowest BCUT2D eigenvalue weighted by molar-refractivity contribution is -0.0572. The molecule has 0 spiro atoms. The summed E-state index contributed by atoms with van der Waals surface area (Å²) < 4.78 is 5.98. The zero-order chi connectivity index (χ0) is 13.0. The number of amides is 1. The molecule has 0 aliphatic carbocycles. The number of nitrogens with one attached hydrogen (secondary N) is 1. The Labute approximate surface area is 108 Å². The summed E-state index contributed by atoms with van der Waals surface area (Å²) in [6, 6.07) is 7.34. The third-order valence-corrected chi connectivity index (χ3v) is 3.42. The van der Waals surface area contributed by atoms with Gasteiger partial charge < -0.3 is 15.8 Å². The summed E-state index contributed by atoms with van der Waals surface area (Å²) in [7, 11) is 0. The standard InChI is InChI=1S/C14H20N2O2/c1-14(7-4-8-16-10-14)18-9-11-5-2-3-6-12(11)13(15)17/h2-3,5-6,16H,4,7-10H2,1H3,(H2,15,17). The van der Waals surface area contributed by atoms with Crippen molar-refractivity contribution in [2.24, 2.45) is 5.73 Å². The van der Waals surface area contributed by atoms with Gasteiger partial charge in [0, 0.05) is 12.1 Å². The Kier molecular flexibility index (Phi) is 3.99. The topological polar surface area (TPSA) is 64.3 Å². The molecule has 1 saturated heterocycles. The summed E-state index contributed by atoms with van der Waals surface area (Å²) in [4.78, 5) is 11.3. The third kappa shape index (κ3) is 3.09. The van der Waals surface area contributed by atoms with Gasteiger partial charge in [0.2, 0.25) is 5.91 Å². The van der Waals surface area contributed by atoms with Crippen LogP contribution in [0.5, 0.6) is 0 Å². The maximum atomic E-state index is 11.3. The van der Waals surface area contributed by atoms with E-state index in [9.17, 15) is 4.79 Å². The molecule has 0 aromatic heterocycles. The molecule has 98 valence electrons. The molecule has 1 fully saturated rings. The Morgan fingerprint density at radius 3 is 2.94 bits per heavy atom. The first-order chi connectivity index (χ1) is 8.61. The molecule has 4 nitrogen and oxygen atoms in total. The molecule has 1 aromatic carbocycles. The van der Waals surface area contributed by atoms with Crippen molar-refractivity contribution in [3.63, 3.8) is 0 Å². The first-order valence-corrected chi connectivity index (χ1v) is 6.33. The number of ether oxygens (including phenoxy) is 1. The Hall–Kier alpha value is -1.39. The summed E-state index contributed by atoms with van der Waals surface area (Å²) in [5.41, 5.74) is 6.60. The number of carbonyl (C=O) groups is 1. The lowest BCUT2D eigenvalue weighted by Gasteiger charge is -2.34. The van der Waals surface area contributed by atoms with Crippen molar-refractivity contribution in [3.8, 4) is 0 Å². The Balaban J connectivity index is 2.03. The molecule has 3 N–H and O–H groups in total. The molecule has 2 rings (SSSR count). The van der Waals surface area contributed by atoms with Crippen molar-refractivity contribution >= 4 is 5.91 Å². The summed E-state index contributed by atoms with van der Waals surface area (Å²) in [6.07, 6.45) is 2.16. The molecule has 1 amide bonds. The summed E-state index contributed by atoms with van der Waals surface area (Å²) >= 11 is 0. The van der Waals surface area contributed by atoms with E-state index < -0.39 is 5.91 Å². The second-order valence-electron chi connectivity index (χ2n) is 5.04. The van der Waals surface area contributed by atoms with Gasteiger partial charge >= 0.3 is 0 Å². The van der Waals surface area contributed by atoms with Crippen molar-refractivity contribution in [2.75, 3.05) is 13.1 Å². The van der Waals surface area contributed by atoms with E-state index in [4.69, 9.17) is 10.5 Å². The second kappa shape index (κ2) is 5.50. The highest BCUT2D eigenvalue weighted by atomic mass is 16.5. The molecule has 4 heteroatoms. The number of piperidine rings is 1. The van der Waals surface area contributed by atoms with Crippen LogP contribution < -0.4 is 11.1 Å². The van der Waals surface area contributed by atoms with Gasteiger partial charge in [0.25, 0.3) is 0 Å². The summed E-state index contributed by atoms with van der Waals surface area (Å²) in [5.74, 6) is -0.402. The van der Waals surface area contributed by atoms with Gasteiger partial charge in [-0.05, 0) is 37.9 Å². The zero-order valence-electron chi connectivity index (χ0n) is 10.7. The van der Waals surface area contributed by atoms with Crippen molar-refractivity contribution in [2.45, 2.75) is 32.0 Å². The lowest BCUT2D eigenvalue weighted by Crippen LogP contribution is -2.45. The van der Waals surface area contributed by atoms with Gasteiger partial charge in [-0.15, -0.1) is 0 Å². The molecule has 0 bridgehead atoms. The maximum Gasteiger partial charge on any atom is 0.249 e. The summed E-state index contributed by atoms with van der Waals surface area (Å²) in [5, 5.41) is 3.33. The molecular weight excluding hydrogens is 228 g/mol. The van der Waals surface area contributed by atoms with Crippen LogP contribution in [0.1, 0.15) is 35.7 Å². The molecular formula is C14H20N2O2. The van der Waals surface area contributed by atoms with Crippen molar-refractivity contribution in [3.05, 3.63) is 35.4 Å². The first-order valence-electron chi connectivity index (χ1n) is 6.33. The Bertz CT molecular complexity index is 426. The van der Waals surface area contributed by atoms with Gasteiger partial charge in [-0.1, -0.05) is 18.2 Å². The van der Waals surface area contributed by atoms with Crippen LogP contribution in [0.25, 0.3) is 0 Å². The molecule has 18 heavy (non-hydrogen) atoms. The lowest BCUT2D eigenvalue weighted by atomic mass is 9.96. The van der Waals surface area contributed by atoms with Crippen LogP contribution in [0, 0.1) is 0 Å². The SMILES string of the molecule is CC1(OCc2ccccc2C(N)=O)CCCNC1. The van der Waals surface area contributed by atoms with E-state index in [1.54, 1.807) is 6.07 Å². The van der Waals surface area contributed by atoms with Gasteiger partial charge in [-0.25, -0.2) is 0 Å². The Morgan fingerprint density at radius 2 is 2.28 bits per heavy atom. The molecule has 1 aliphatic heterocycles. The number of hydrogen-bond donors (Lipinski definition) is 2. The van der Waals surface area contributed by atoms with Crippen LogP contribution >= 0.6 is 0 Å². The monoisotopic (exact) mass is 248 g/mol. The van der Waals surface area contributed by atoms with E-state index in [0.29, 0.717) is 12.2 Å². The molecule has 1 aliphatic rings. The molecule has 1 aromatic rings. The van der Waals surface area contributed by atoms with E-state index in [0.717, 1.165) is 31.5 Å². The predicted molar refractivity (Wildman–Crippen MR) is 70.3 cm³/mol. The van der Waals surface area contributed by atoms with E-state index in [1.807, 2.05) is 18.2 Å². The van der Waals surface area contributed by atoms with E-state index in [2.05, 4.69) is 12.2 Å². The summed E-state index contributed by atoms with van der Waals surface area (Å²) in [6.45, 7) is 4.44. The fraction of sp³-hybridized carbons (Fsp3) is 0.500. The van der Waals surface area contributed by atoms with Crippen LogP contribution in [0.4, 0.5) is 0 Å². The average molecular weight is 248 g/mol. The average Bonchev–Trinajstić information content (AvgIpc) is 2.38. The van der Waals surface area contributed by atoms with Gasteiger partial charge in [0.1, 0.15) is 0 Å². The Morgan fingerprint density at radius 1 is 1.50 bits per heavy atom. The third-order valence-electron chi connectivity index (χ3n) is 3.42. The minimum Gasteiger partial charge on any atom is -0.369 e. The highest BCUT2D eigenvalue weighted by Gasteiger charge is 2.27. The fourth-order valence-electron chi connectivity index (χ4n) is 2.29. The number of benzene rings is 1. The van der Waals surface area contributed by atoms with Crippen LogP contribution in [0.3, 0.4) is 0 Å². The van der Waals surface area contributed by atoms with Crippen LogP contribution in [-0.2, 0) is 11.3 Å². The van der Waals surface area contributed by atoms with Crippen LogP contribution in [0.15, 0.2) is 24.3 Å². The van der Waals surface area contributed by atoms with E-state index in [1.165, 1.54) is 0 Å². The number of carbonyl (C=O) groups excluding carboxylic acids is 1. The number of nitrogens with two attached hydrogens (primary N) is 1. The number of primary amides is 1.